The van der Waals surface area contributed by atoms with Gasteiger partial charge < -0.3 is 36.0 Å². The summed E-state index contributed by atoms with van der Waals surface area (Å²) in [6.45, 7) is 5.75. The number of imidazole rings is 1. The summed E-state index contributed by atoms with van der Waals surface area (Å²) in [7, 11) is 1.00. The first-order valence-corrected chi connectivity index (χ1v) is 8.42. The lowest BCUT2D eigenvalue weighted by molar-refractivity contribution is -0.171. The Kier molecular flexibility index (Phi) is 14.9. The van der Waals surface area contributed by atoms with Crippen LogP contribution >= 0.6 is 0 Å². The molecule has 0 amide bonds. The van der Waals surface area contributed by atoms with Gasteiger partial charge in [-0.3, -0.25) is 9.59 Å². The van der Waals surface area contributed by atoms with Gasteiger partial charge in [-0.1, -0.05) is 0 Å². The lowest BCUT2D eigenvalue weighted by atomic mass is 9.88. The molecule has 1 aromatic rings. The maximum absolute atomic E-state index is 12.2. The minimum Gasteiger partial charge on any atom is -0.412 e. The number of ether oxygens (including phenoxy) is 2. The van der Waals surface area contributed by atoms with Gasteiger partial charge in [-0.25, -0.2) is 4.98 Å². The number of nitrogens with one attached hydrogen (secondary N) is 1. The van der Waals surface area contributed by atoms with Crippen molar-refractivity contribution in [3.05, 3.63) is 17.7 Å². The summed E-state index contributed by atoms with van der Waals surface area (Å²) in [5.74, 6) is -2.01. The zero-order valence-corrected chi connectivity index (χ0v) is 18.0. The van der Waals surface area contributed by atoms with Crippen LogP contribution in [0.1, 0.15) is 25.4 Å². The number of H-pyrrole nitrogens is 1. The van der Waals surface area contributed by atoms with E-state index in [4.69, 9.17) is 19.4 Å². The number of hydrogen-bond donors (Lipinski definition) is 3. The van der Waals surface area contributed by atoms with Gasteiger partial charge in [0.15, 0.2) is 6.29 Å². The van der Waals surface area contributed by atoms with Crippen molar-refractivity contribution in [2.24, 2.45) is 5.41 Å². The maximum Gasteiger partial charge on any atom is 0.457 e. The fourth-order valence-electron chi connectivity index (χ4n) is 1.88. The highest BCUT2D eigenvalue weighted by atomic mass is 19.4. The molecule has 3 rings (SSSR count). The summed E-state index contributed by atoms with van der Waals surface area (Å²) in [6.07, 6.45) is -8.34. The number of carbonyl (C=O) groups is 3. The molecule has 0 unspecified atom stereocenters. The molecular weight excluding hydrogens is 472 g/mol. The summed E-state index contributed by atoms with van der Waals surface area (Å²) in [4.78, 5) is 34.5. The van der Waals surface area contributed by atoms with Crippen LogP contribution in [0, 0.1) is 5.41 Å². The number of carbonyl (C=O) groups excluding carboxylic acids is 3. The molecule has 2 saturated heterocycles. The number of Topliss-reactive ketones (excluding diaryl/α,β-unsaturated/α-hetero) is 1. The maximum atomic E-state index is 12.2. The molecule has 2 aliphatic heterocycles. The predicted octanol–water partition coefficient (Wildman–Crippen LogP) is 1.20. The van der Waals surface area contributed by atoms with Crippen LogP contribution in [0.4, 0.5) is 26.3 Å². The van der Waals surface area contributed by atoms with Crippen LogP contribution in [0.2, 0.25) is 0 Å². The molecule has 0 aliphatic carbocycles. The van der Waals surface area contributed by atoms with E-state index in [-0.39, 0.29) is 22.5 Å². The Balaban J connectivity index is -0.000000411. The third kappa shape index (κ3) is 10.8. The van der Waals surface area contributed by atoms with Crippen molar-refractivity contribution < 1.29 is 60.8 Å². The van der Waals surface area contributed by atoms with Crippen molar-refractivity contribution >= 4 is 18.4 Å². The minimum atomic E-state index is -5.00. The van der Waals surface area contributed by atoms with E-state index in [9.17, 15) is 35.9 Å². The van der Waals surface area contributed by atoms with E-state index in [1.165, 1.54) is 0 Å². The number of aliphatic hydroxyl groups excluding tert-OH is 1. The van der Waals surface area contributed by atoms with Crippen molar-refractivity contribution in [3.8, 4) is 0 Å². The number of rotatable bonds is 3. The van der Waals surface area contributed by atoms with E-state index < -0.39 is 30.1 Å². The zero-order chi connectivity index (χ0) is 24.5. The molecule has 0 aromatic carbocycles. The van der Waals surface area contributed by atoms with Crippen LogP contribution in [-0.2, 0) is 35.4 Å². The third-order valence-electron chi connectivity index (χ3n) is 3.83. The second kappa shape index (κ2) is 14.0. The number of nitrogens with zero attached hydrogens (tertiary/aromatic N) is 1. The molecule has 0 spiro atoms. The number of aldehydes is 2. The second-order valence-corrected chi connectivity index (χ2v) is 6.94. The number of ketones is 1. The van der Waals surface area contributed by atoms with E-state index in [0.717, 1.165) is 19.6 Å². The van der Waals surface area contributed by atoms with Crippen LogP contribution in [0.15, 0.2) is 6.20 Å². The average molecular weight is 499 g/mol. The van der Waals surface area contributed by atoms with Gasteiger partial charge in [0.25, 0.3) is 5.78 Å². The Morgan fingerprint density at radius 2 is 1.52 bits per heavy atom. The number of halogens is 6. The van der Waals surface area contributed by atoms with Crippen LogP contribution in [-0.4, -0.2) is 78.6 Å². The number of aliphatic hydroxyl groups is 1. The molecule has 16 heteroatoms. The van der Waals surface area contributed by atoms with Gasteiger partial charge in [0.1, 0.15) is 17.8 Å². The lowest BCUT2D eigenvalue weighted by Gasteiger charge is -2.36. The monoisotopic (exact) mass is 499 g/mol. The highest BCUT2D eigenvalue weighted by Gasteiger charge is 2.41. The lowest BCUT2D eigenvalue weighted by Crippen LogP contribution is -2.44. The van der Waals surface area contributed by atoms with Gasteiger partial charge in [0.05, 0.1) is 43.5 Å². The minimum absolute atomic E-state index is 0. The van der Waals surface area contributed by atoms with Gasteiger partial charge in [0, 0.05) is 7.11 Å². The van der Waals surface area contributed by atoms with Crippen LogP contribution < -0.4 is 6.15 Å². The van der Waals surface area contributed by atoms with Crippen molar-refractivity contribution in [1.29, 1.82) is 0 Å². The fraction of sp³-hybridized carbons (Fsp3) is 0.647. The molecule has 7 N–H and O–H groups in total. The highest BCUT2D eigenvalue weighted by molar-refractivity contribution is 6.27. The number of aromatic nitrogens is 2. The van der Waals surface area contributed by atoms with Gasteiger partial charge in [-0.15, -0.1) is 0 Å². The first-order valence-electron chi connectivity index (χ1n) is 8.42. The first-order chi connectivity index (χ1) is 14.2. The van der Waals surface area contributed by atoms with Crippen LogP contribution in [0.3, 0.4) is 0 Å². The van der Waals surface area contributed by atoms with E-state index in [1.807, 2.05) is 13.8 Å². The highest BCUT2D eigenvalue weighted by Crippen LogP contribution is 2.33. The molecule has 0 radical (unpaired) electrons. The van der Waals surface area contributed by atoms with Crippen LogP contribution in [0.5, 0.6) is 0 Å². The average Bonchev–Trinajstić information content (AvgIpc) is 3.16. The summed E-state index contributed by atoms with van der Waals surface area (Å²) < 4.78 is 79.0. The summed E-state index contributed by atoms with van der Waals surface area (Å²) >= 11 is 0. The van der Waals surface area contributed by atoms with Gasteiger partial charge in [-0.2, -0.15) is 26.3 Å². The summed E-state index contributed by atoms with van der Waals surface area (Å²) in [5.41, 5.74) is -1.33. The fourth-order valence-corrected chi connectivity index (χ4v) is 1.88. The van der Waals surface area contributed by atoms with Gasteiger partial charge >= 0.3 is 12.4 Å². The smallest absolute Gasteiger partial charge is 0.412 e. The van der Waals surface area contributed by atoms with E-state index in [0.29, 0.717) is 32.3 Å². The van der Waals surface area contributed by atoms with Gasteiger partial charge in [0.2, 0.25) is 0 Å². The standard InChI is InChI=1S/C8H9F3N2O.C5H8O2.C3HF3O2.CH4O.H3N.H2O/c1-7(3-14-4-7)6-12-2-5(13-6)8(9,10)11;1-5(2-6)3-7-4-5;4-3(5,6)2(8)1-7;1-2;;/h2H,3-4H2,1H3,(H,12,13);2H,3-4H2,1H3;1H;2H,1H3;1H3;1H2. The number of hydrogen-bond acceptors (Lipinski definition) is 8. The quantitative estimate of drug-likeness (QED) is 0.314. The Morgan fingerprint density at radius 3 is 1.67 bits per heavy atom. The normalized spacial score (nSPS) is 17.0. The topological polar surface area (TPSA) is 185 Å². The van der Waals surface area contributed by atoms with Crippen molar-refractivity contribution in [2.75, 3.05) is 33.5 Å². The van der Waals surface area contributed by atoms with Crippen molar-refractivity contribution in [3.63, 3.8) is 0 Å². The van der Waals surface area contributed by atoms with E-state index in [1.54, 1.807) is 0 Å². The molecule has 0 atom stereocenters. The number of alkyl halides is 6. The van der Waals surface area contributed by atoms with E-state index in [2.05, 4.69) is 9.97 Å². The first kappa shape index (κ1) is 35.2. The predicted molar refractivity (Wildman–Crippen MR) is 101 cm³/mol. The second-order valence-electron chi connectivity index (χ2n) is 6.94. The Bertz CT molecular complexity index is 729. The molecule has 2 fully saturated rings. The molecule has 194 valence electrons. The van der Waals surface area contributed by atoms with Crippen molar-refractivity contribution in [1.82, 2.24) is 16.1 Å². The van der Waals surface area contributed by atoms with Gasteiger partial charge in [-0.05, 0) is 13.8 Å². The number of aromatic amines is 1. The largest absolute Gasteiger partial charge is 0.457 e. The Morgan fingerprint density at radius 1 is 1.06 bits per heavy atom. The third-order valence-corrected chi connectivity index (χ3v) is 3.83. The van der Waals surface area contributed by atoms with E-state index >= 15 is 0 Å². The summed E-state index contributed by atoms with van der Waals surface area (Å²) in [6, 6.07) is 0. The molecule has 1 aromatic heterocycles. The summed E-state index contributed by atoms with van der Waals surface area (Å²) in [5, 5.41) is 7.00. The van der Waals surface area contributed by atoms with Crippen LogP contribution in [0.25, 0.3) is 0 Å². The Labute approximate surface area is 184 Å². The Hall–Kier alpha value is -2.40. The van der Waals surface area contributed by atoms with Crippen molar-refractivity contribution in [2.45, 2.75) is 31.6 Å². The SMILES string of the molecule is CC1(C=O)COC1.CC1(c2ncc(C(F)(F)F)[nH]2)COC1.CO.N.O.O=CC(=O)C(F)(F)F. The molecule has 2 aliphatic rings. The molecule has 3 heterocycles. The molecular formula is C17H27F6N3O7. The molecule has 0 saturated carbocycles. The molecule has 10 nitrogen and oxygen atoms in total. The molecule has 0 bridgehead atoms. The zero-order valence-electron chi connectivity index (χ0n) is 18.0. The molecule has 33 heavy (non-hydrogen) atoms.